The number of nitrogens with one attached hydrogen (secondary N) is 1. The number of carbonyl (C=O) groups is 1. The van der Waals surface area contributed by atoms with Gasteiger partial charge in [0, 0.05) is 11.0 Å². The second-order valence-electron chi connectivity index (χ2n) is 6.48. The van der Waals surface area contributed by atoms with Gasteiger partial charge in [0.25, 0.3) is 0 Å². The summed E-state index contributed by atoms with van der Waals surface area (Å²) >= 11 is 1.63. The van der Waals surface area contributed by atoms with Gasteiger partial charge in [-0.1, -0.05) is 48.0 Å². The molecular formula is C23H19N3OS. The highest BCUT2D eigenvalue weighted by Gasteiger charge is 2.16. The van der Waals surface area contributed by atoms with Gasteiger partial charge < -0.3 is 5.32 Å². The Hall–Kier alpha value is -3.31. The van der Waals surface area contributed by atoms with E-state index in [4.69, 9.17) is 0 Å². The van der Waals surface area contributed by atoms with E-state index in [9.17, 15) is 4.79 Å². The van der Waals surface area contributed by atoms with E-state index in [1.165, 1.54) is 11.6 Å². The van der Waals surface area contributed by atoms with Crippen LogP contribution in [0.2, 0.25) is 0 Å². The molecule has 0 aliphatic rings. The van der Waals surface area contributed by atoms with E-state index in [0.29, 0.717) is 5.69 Å². The molecule has 0 saturated carbocycles. The zero-order valence-electron chi connectivity index (χ0n) is 15.4. The summed E-state index contributed by atoms with van der Waals surface area (Å²) in [6.45, 7) is 2.05. The van der Waals surface area contributed by atoms with Crippen molar-refractivity contribution < 1.29 is 4.79 Å². The van der Waals surface area contributed by atoms with Crippen molar-refractivity contribution in [3.63, 3.8) is 0 Å². The summed E-state index contributed by atoms with van der Waals surface area (Å²) in [7, 11) is 0. The van der Waals surface area contributed by atoms with E-state index in [-0.39, 0.29) is 11.9 Å². The zero-order valence-corrected chi connectivity index (χ0v) is 16.2. The Morgan fingerprint density at radius 3 is 2.57 bits per heavy atom. The second-order valence-corrected chi connectivity index (χ2v) is 7.46. The third-order valence-corrected chi connectivity index (χ3v) is 5.33. The van der Waals surface area contributed by atoms with Crippen molar-refractivity contribution in [3.05, 3.63) is 100 Å². The van der Waals surface area contributed by atoms with Gasteiger partial charge >= 0.3 is 0 Å². The molecule has 0 radical (unpaired) electrons. The standard InChI is InChI=1S/C23H19N3OS/c1-16-8-10-17(11-9-16)23(21-7-4-14-28-21)26-22(27)13-12-18-15-24-19-5-2-3-6-20(19)25-18/h2-15,23H,1H3,(H,26,27)/b13-12+. The molecule has 0 aliphatic heterocycles. The number of hydrogen-bond donors (Lipinski definition) is 1. The minimum atomic E-state index is -0.180. The largest absolute Gasteiger partial charge is 0.341 e. The van der Waals surface area contributed by atoms with Crippen LogP contribution < -0.4 is 5.32 Å². The highest BCUT2D eigenvalue weighted by atomic mass is 32.1. The maximum Gasteiger partial charge on any atom is 0.244 e. The van der Waals surface area contributed by atoms with Crippen LogP contribution in [-0.2, 0) is 4.79 Å². The molecule has 1 amide bonds. The van der Waals surface area contributed by atoms with Crippen LogP contribution in [0.15, 0.2) is 78.3 Å². The molecule has 2 aromatic heterocycles. The summed E-state index contributed by atoms with van der Waals surface area (Å²) in [6.07, 6.45) is 4.87. The van der Waals surface area contributed by atoms with Crippen LogP contribution in [0, 0.1) is 6.92 Å². The molecule has 4 rings (SSSR count). The number of amides is 1. The first-order valence-corrected chi connectivity index (χ1v) is 9.87. The molecule has 28 heavy (non-hydrogen) atoms. The molecule has 1 N–H and O–H groups in total. The van der Waals surface area contributed by atoms with Crippen LogP contribution in [0.25, 0.3) is 17.1 Å². The quantitative estimate of drug-likeness (QED) is 0.496. The molecule has 0 aliphatic carbocycles. The number of nitrogens with zero attached hydrogens (tertiary/aromatic N) is 2. The van der Waals surface area contributed by atoms with Gasteiger partial charge in [0.15, 0.2) is 0 Å². The molecule has 1 unspecified atom stereocenters. The van der Waals surface area contributed by atoms with E-state index in [2.05, 4.69) is 46.5 Å². The van der Waals surface area contributed by atoms with Crippen molar-refractivity contribution in [2.24, 2.45) is 0 Å². The van der Waals surface area contributed by atoms with Crippen LogP contribution in [0.5, 0.6) is 0 Å². The Bertz CT molecular complexity index is 1120. The van der Waals surface area contributed by atoms with Crippen LogP contribution in [-0.4, -0.2) is 15.9 Å². The fraction of sp³-hybridized carbons (Fsp3) is 0.0870. The van der Waals surface area contributed by atoms with Gasteiger partial charge in [-0.15, -0.1) is 11.3 Å². The minimum absolute atomic E-state index is 0.172. The molecule has 2 aromatic carbocycles. The van der Waals surface area contributed by atoms with Gasteiger partial charge in [-0.3, -0.25) is 9.78 Å². The minimum Gasteiger partial charge on any atom is -0.341 e. The number of aryl methyl sites for hydroxylation is 1. The summed E-state index contributed by atoms with van der Waals surface area (Å²) < 4.78 is 0. The van der Waals surface area contributed by atoms with Gasteiger partial charge in [-0.2, -0.15) is 0 Å². The Labute approximate surface area is 167 Å². The number of thiophene rings is 1. The summed E-state index contributed by atoms with van der Waals surface area (Å²) in [5.41, 5.74) is 4.54. The van der Waals surface area contributed by atoms with Gasteiger partial charge in [-0.25, -0.2) is 4.98 Å². The molecular weight excluding hydrogens is 366 g/mol. The Morgan fingerprint density at radius 1 is 1.04 bits per heavy atom. The van der Waals surface area contributed by atoms with Crippen LogP contribution >= 0.6 is 11.3 Å². The highest BCUT2D eigenvalue weighted by molar-refractivity contribution is 7.10. The van der Waals surface area contributed by atoms with Crippen molar-refractivity contribution in [1.29, 1.82) is 0 Å². The van der Waals surface area contributed by atoms with Crippen molar-refractivity contribution in [3.8, 4) is 0 Å². The molecule has 138 valence electrons. The fourth-order valence-electron chi connectivity index (χ4n) is 2.94. The van der Waals surface area contributed by atoms with Crippen LogP contribution in [0.3, 0.4) is 0 Å². The molecule has 4 nitrogen and oxygen atoms in total. The number of carbonyl (C=O) groups excluding carboxylic acids is 1. The van der Waals surface area contributed by atoms with Gasteiger partial charge in [-0.05, 0) is 42.1 Å². The van der Waals surface area contributed by atoms with E-state index in [1.54, 1.807) is 23.6 Å². The third kappa shape index (κ3) is 4.15. The lowest BCUT2D eigenvalue weighted by atomic mass is 10.0. The lowest BCUT2D eigenvalue weighted by molar-refractivity contribution is -0.116. The number of hydrogen-bond acceptors (Lipinski definition) is 4. The maximum atomic E-state index is 12.6. The average Bonchev–Trinajstić information content (AvgIpc) is 3.26. The predicted molar refractivity (Wildman–Crippen MR) is 114 cm³/mol. The molecule has 0 saturated heterocycles. The third-order valence-electron chi connectivity index (χ3n) is 4.40. The zero-order chi connectivity index (χ0) is 19.3. The van der Waals surface area contributed by atoms with E-state index < -0.39 is 0 Å². The average molecular weight is 385 g/mol. The van der Waals surface area contributed by atoms with Crippen molar-refractivity contribution >= 4 is 34.4 Å². The second kappa shape index (κ2) is 8.15. The monoisotopic (exact) mass is 385 g/mol. The lowest BCUT2D eigenvalue weighted by Gasteiger charge is -2.17. The van der Waals surface area contributed by atoms with Crippen molar-refractivity contribution in [2.75, 3.05) is 0 Å². The number of para-hydroxylation sites is 2. The first-order chi connectivity index (χ1) is 13.7. The van der Waals surface area contributed by atoms with Gasteiger partial charge in [0.2, 0.25) is 5.91 Å². The fourth-order valence-corrected chi connectivity index (χ4v) is 3.74. The molecule has 0 fully saturated rings. The van der Waals surface area contributed by atoms with Crippen molar-refractivity contribution in [1.82, 2.24) is 15.3 Å². The summed E-state index contributed by atoms with van der Waals surface area (Å²) in [4.78, 5) is 22.6. The first kappa shape index (κ1) is 18.1. The first-order valence-electron chi connectivity index (χ1n) is 8.99. The number of fused-ring (bicyclic) bond motifs is 1. The Kier molecular flexibility index (Phi) is 5.26. The van der Waals surface area contributed by atoms with Crippen LogP contribution in [0.4, 0.5) is 0 Å². The lowest BCUT2D eigenvalue weighted by Crippen LogP contribution is -2.27. The van der Waals surface area contributed by atoms with E-state index in [1.807, 2.05) is 41.8 Å². The van der Waals surface area contributed by atoms with Gasteiger partial charge in [0.05, 0.1) is 29.0 Å². The Balaban J connectivity index is 1.53. The number of benzene rings is 2. The van der Waals surface area contributed by atoms with Gasteiger partial charge in [0.1, 0.15) is 0 Å². The molecule has 4 aromatic rings. The highest BCUT2D eigenvalue weighted by Crippen LogP contribution is 2.26. The molecule has 2 heterocycles. The Morgan fingerprint density at radius 2 is 1.82 bits per heavy atom. The normalized spacial score (nSPS) is 12.3. The summed E-state index contributed by atoms with van der Waals surface area (Å²) in [5, 5.41) is 5.12. The predicted octanol–water partition coefficient (Wildman–Crippen LogP) is 4.92. The smallest absolute Gasteiger partial charge is 0.244 e. The van der Waals surface area contributed by atoms with E-state index >= 15 is 0 Å². The summed E-state index contributed by atoms with van der Waals surface area (Å²) in [6, 6.07) is 19.7. The van der Waals surface area contributed by atoms with Crippen LogP contribution in [0.1, 0.15) is 27.7 Å². The molecule has 1 atom stereocenters. The topological polar surface area (TPSA) is 54.9 Å². The number of rotatable bonds is 5. The maximum absolute atomic E-state index is 12.6. The number of aromatic nitrogens is 2. The SMILES string of the molecule is Cc1ccc(C(NC(=O)/C=C/c2cnc3ccccc3n2)c2cccs2)cc1. The van der Waals surface area contributed by atoms with Crippen molar-refractivity contribution in [2.45, 2.75) is 13.0 Å². The van der Waals surface area contributed by atoms with E-state index in [0.717, 1.165) is 21.5 Å². The molecule has 0 bridgehead atoms. The summed E-state index contributed by atoms with van der Waals surface area (Å²) in [5.74, 6) is -0.172. The molecule has 5 heteroatoms. The molecule has 0 spiro atoms.